The van der Waals surface area contributed by atoms with E-state index in [9.17, 15) is 9.59 Å². The molecule has 0 saturated carbocycles. The van der Waals surface area contributed by atoms with Gasteiger partial charge in [0.2, 0.25) is 0 Å². The fraction of sp³-hybridized carbons (Fsp3) is 0.467. The lowest BCUT2D eigenvalue weighted by Crippen LogP contribution is -2.17. The van der Waals surface area contributed by atoms with E-state index in [4.69, 9.17) is 14.6 Å². The van der Waals surface area contributed by atoms with Crippen LogP contribution >= 0.6 is 0 Å². The summed E-state index contributed by atoms with van der Waals surface area (Å²) in [5.74, 6) is -1.11. The highest BCUT2D eigenvalue weighted by atomic mass is 16.6. The van der Waals surface area contributed by atoms with Crippen molar-refractivity contribution in [1.82, 2.24) is 0 Å². The van der Waals surface area contributed by atoms with Gasteiger partial charge in [0.1, 0.15) is 0 Å². The molecule has 0 unspecified atom stereocenters. The van der Waals surface area contributed by atoms with Gasteiger partial charge in [0.25, 0.3) is 0 Å². The fourth-order valence-electron chi connectivity index (χ4n) is 1.69. The van der Waals surface area contributed by atoms with E-state index in [1.807, 2.05) is 26.0 Å². The zero-order valence-corrected chi connectivity index (χ0v) is 11.8. The summed E-state index contributed by atoms with van der Waals surface area (Å²) in [6.07, 6.45) is 1.17. The highest BCUT2D eigenvalue weighted by Crippen LogP contribution is 2.11. The summed E-state index contributed by atoms with van der Waals surface area (Å²) in [6.45, 7) is 3.65. The number of hydrogen-bond donors (Lipinski definition) is 1. The predicted molar refractivity (Wildman–Crippen MR) is 73.5 cm³/mol. The Balaban J connectivity index is 2.37. The number of aryl methyl sites for hydroxylation is 2. The molecule has 0 amide bonds. The molecule has 0 aliphatic rings. The van der Waals surface area contributed by atoms with Crippen LogP contribution in [0.1, 0.15) is 34.3 Å². The molecule has 5 heteroatoms. The van der Waals surface area contributed by atoms with E-state index in [2.05, 4.69) is 0 Å². The SMILES string of the molecule is Cc1ccc(C(=O)OCC(=O)OCCCCO)c(C)c1. The van der Waals surface area contributed by atoms with Crippen LogP contribution in [0.2, 0.25) is 0 Å². The summed E-state index contributed by atoms with van der Waals surface area (Å²) >= 11 is 0. The van der Waals surface area contributed by atoms with Crippen molar-refractivity contribution in [2.75, 3.05) is 19.8 Å². The maximum absolute atomic E-state index is 11.8. The second-order valence-corrected chi connectivity index (χ2v) is 4.55. The highest BCUT2D eigenvalue weighted by molar-refractivity contribution is 5.92. The Morgan fingerprint density at radius 2 is 1.90 bits per heavy atom. The van der Waals surface area contributed by atoms with E-state index in [0.29, 0.717) is 18.4 Å². The molecule has 0 fully saturated rings. The molecular formula is C15H20O5. The molecule has 110 valence electrons. The van der Waals surface area contributed by atoms with Crippen molar-refractivity contribution in [3.05, 3.63) is 34.9 Å². The molecule has 0 saturated heterocycles. The van der Waals surface area contributed by atoms with Crippen molar-refractivity contribution >= 4 is 11.9 Å². The van der Waals surface area contributed by atoms with Crippen LogP contribution in [0.15, 0.2) is 18.2 Å². The number of unbranched alkanes of at least 4 members (excludes halogenated alkanes) is 1. The van der Waals surface area contributed by atoms with Crippen LogP contribution in [0.25, 0.3) is 0 Å². The Bertz CT molecular complexity index is 467. The summed E-state index contributed by atoms with van der Waals surface area (Å²) in [5.41, 5.74) is 2.32. The summed E-state index contributed by atoms with van der Waals surface area (Å²) < 4.78 is 9.76. The minimum atomic E-state index is -0.582. The largest absolute Gasteiger partial charge is 0.463 e. The van der Waals surface area contributed by atoms with Crippen LogP contribution in [0, 0.1) is 13.8 Å². The molecule has 0 aliphatic heterocycles. The second-order valence-electron chi connectivity index (χ2n) is 4.55. The second kappa shape index (κ2) is 8.32. The first kappa shape index (κ1) is 16.2. The van der Waals surface area contributed by atoms with E-state index in [1.165, 1.54) is 0 Å². The van der Waals surface area contributed by atoms with E-state index in [0.717, 1.165) is 11.1 Å². The lowest BCUT2D eigenvalue weighted by molar-refractivity contribution is -0.147. The molecule has 5 nitrogen and oxygen atoms in total. The van der Waals surface area contributed by atoms with Gasteiger partial charge in [-0.2, -0.15) is 0 Å². The molecule has 0 bridgehead atoms. The van der Waals surface area contributed by atoms with Crippen molar-refractivity contribution in [2.24, 2.45) is 0 Å². The number of carbonyl (C=O) groups is 2. The zero-order chi connectivity index (χ0) is 15.0. The van der Waals surface area contributed by atoms with Crippen LogP contribution in [0.5, 0.6) is 0 Å². The van der Waals surface area contributed by atoms with Crippen molar-refractivity contribution in [3.8, 4) is 0 Å². The summed E-state index contributed by atoms with van der Waals surface area (Å²) in [6, 6.07) is 5.38. The number of rotatable bonds is 7. The van der Waals surface area contributed by atoms with Crippen molar-refractivity contribution in [2.45, 2.75) is 26.7 Å². The lowest BCUT2D eigenvalue weighted by atomic mass is 10.1. The first-order valence-corrected chi connectivity index (χ1v) is 6.55. The number of ether oxygens (including phenoxy) is 2. The van der Waals surface area contributed by atoms with Gasteiger partial charge in [-0.15, -0.1) is 0 Å². The van der Waals surface area contributed by atoms with Gasteiger partial charge in [0, 0.05) is 6.61 Å². The third-order valence-electron chi connectivity index (χ3n) is 2.74. The summed E-state index contributed by atoms with van der Waals surface area (Å²) in [4.78, 5) is 23.1. The smallest absolute Gasteiger partial charge is 0.344 e. The standard InChI is InChI=1S/C15H20O5/c1-11-5-6-13(12(2)9-11)15(18)20-10-14(17)19-8-4-3-7-16/h5-6,9,16H,3-4,7-8,10H2,1-2H3. The molecule has 1 aromatic rings. The van der Waals surface area contributed by atoms with Gasteiger partial charge in [0.05, 0.1) is 12.2 Å². The fourth-order valence-corrected chi connectivity index (χ4v) is 1.69. The number of esters is 2. The van der Waals surface area contributed by atoms with Crippen molar-refractivity contribution in [1.29, 1.82) is 0 Å². The zero-order valence-electron chi connectivity index (χ0n) is 11.8. The number of benzene rings is 1. The maximum atomic E-state index is 11.8. The normalized spacial score (nSPS) is 10.2. The number of hydrogen-bond acceptors (Lipinski definition) is 5. The van der Waals surface area contributed by atoms with Crippen LogP contribution in [-0.4, -0.2) is 36.9 Å². The number of aliphatic hydroxyl groups excluding tert-OH is 1. The molecule has 0 aliphatic carbocycles. The minimum absolute atomic E-state index is 0.0687. The first-order valence-electron chi connectivity index (χ1n) is 6.55. The third kappa shape index (κ3) is 5.40. The molecular weight excluding hydrogens is 260 g/mol. The molecule has 20 heavy (non-hydrogen) atoms. The van der Waals surface area contributed by atoms with Gasteiger partial charge in [-0.3, -0.25) is 0 Å². The minimum Gasteiger partial charge on any atom is -0.463 e. The highest BCUT2D eigenvalue weighted by Gasteiger charge is 2.13. The first-order chi connectivity index (χ1) is 9.54. The Morgan fingerprint density at radius 1 is 1.15 bits per heavy atom. The van der Waals surface area contributed by atoms with Gasteiger partial charge in [-0.25, -0.2) is 9.59 Å². The van der Waals surface area contributed by atoms with E-state index in [1.54, 1.807) is 6.07 Å². The average Bonchev–Trinajstić information content (AvgIpc) is 2.41. The van der Waals surface area contributed by atoms with Gasteiger partial charge in [-0.1, -0.05) is 17.7 Å². The molecule has 1 aromatic carbocycles. The quantitative estimate of drug-likeness (QED) is 0.609. The lowest BCUT2D eigenvalue weighted by Gasteiger charge is -2.08. The summed E-state index contributed by atoms with van der Waals surface area (Å²) in [7, 11) is 0. The molecule has 0 radical (unpaired) electrons. The maximum Gasteiger partial charge on any atom is 0.344 e. The van der Waals surface area contributed by atoms with Gasteiger partial charge in [-0.05, 0) is 38.3 Å². The van der Waals surface area contributed by atoms with E-state index >= 15 is 0 Å². The van der Waals surface area contributed by atoms with Crippen molar-refractivity contribution in [3.63, 3.8) is 0 Å². The molecule has 0 atom stereocenters. The van der Waals surface area contributed by atoms with Crippen LogP contribution in [0.3, 0.4) is 0 Å². The molecule has 0 aromatic heterocycles. The molecule has 0 spiro atoms. The van der Waals surface area contributed by atoms with Gasteiger partial charge >= 0.3 is 11.9 Å². The molecule has 1 N–H and O–H groups in total. The monoisotopic (exact) mass is 280 g/mol. The topological polar surface area (TPSA) is 72.8 Å². The Kier molecular flexibility index (Phi) is 6.73. The predicted octanol–water partition coefficient (Wildman–Crippen LogP) is 1.78. The Morgan fingerprint density at radius 3 is 2.55 bits per heavy atom. The van der Waals surface area contributed by atoms with Crippen LogP contribution < -0.4 is 0 Å². The summed E-state index contributed by atoms with van der Waals surface area (Å²) in [5, 5.41) is 8.57. The Hall–Kier alpha value is -1.88. The van der Waals surface area contributed by atoms with Crippen LogP contribution in [0.4, 0.5) is 0 Å². The molecule has 1 rings (SSSR count). The van der Waals surface area contributed by atoms with Crippen molar-refractivity contribution < 1.29 is 24.2 Å². The Labute approximate surface area is 118 Å². The third-order valence-corrected chi connectivity index (χ3v) is 2.74. The van der Waals surface area contributed by atoms with E-state index in [-0.39, 0.29) is 13.2 Å². The molecule has 0 heterocycles. The average molecular weight is 280 g/mol. The van der Waals surface area contributed by atoms with Gasteiger partial charge < -0.3 is 14.6 Å². The van der Waals surface area contributed by atoms with Crippen LogP contribution in [-0.2, 0) is 14.3 Å². The van der Waals surface area contributed by atoms with Gasteiger partial charge in [0.15, 0.2) is 6.61 Å². The number of aliphatic hydroxyl groups is 1. The van der Waals surface area contributed by atoms with E-state index < -0.39 is 18.5 Å². The number of carbonyl (C=O) groups excluding carboxylic acids is 2.